The molecule has 0 aliphatic heterocycles. The fourth-order valence-electron chi connectivity index (χ4n) is 2.93. The average molecular weight is 495 g/mol. The van der Waals surface area contributed by atoms with Crippen LogP contribution in [0.2, 0.25) is 5.02 Å². The Kier molecular flexibility index (Phi) is 8.30. The predicted molar refractivity (Wildman–Crippen MR) is 122 cm³/mol. The van der Waals surface area contributed by atoms with Crippen LogP contribution in [0.5, 0.6) is 11.5 Å². The molecule has 1 N–H and O–H groups in total. The summed E-state index contributed by atoms with van der Waals surface area (Å²) in [4.78, 5) is 11.4. The molecule has 0 heterocycles. The Balaban J connectivity index is 1.81. The number of carbonyl (C=O) groups is 1. The van der Waals surface area contributed by atoms with E-state index in [1.807, 2.05) is 36.4 Å². The quantitative estimate of drug-likeness (QED) is 0.327. The molecule has 3 aromatic carbocycles. The zero-order valence-electron chi connectivity index (χ0n) is 17.0. The normalized spacial score (nSPS) is 11.8. The van der Waals surface area contributed by atoms with E-state index in [0.717, 1.165) is 16.0 Å². The fraction of sp³-hybridized carbons (Fsp3) is 0.125. The van der Waals surface area contributed by atoms with Crippen molar-refractivity contribution in [1.29, 1.82) is 0 Å². The van der Waals surface area contributed by atoms with Crippen LogP contribution >= 0.6 is 23.4 Å². The predicted octanol–water partition coefficient (Wildman–Crippen LogP) is 6.93. The van der Waals surface area contributed by atoms with E-state index in [2.05, 4.69) is 4.74 Å². The Hall–Kier alpha value is -3.10. The number of carboxylic acid groups (broad SMARTS) is 1. The van der Waals surface area contributed by atoms with Gasteiger partial charge in [0.2, 0.25) is 0 Å². The molecular formula is C24H18ClF3O4S. The number of ether oxygens (including phenoxy) is 2. The summed E-state index contributed by atoms with van der Waals surface area (Å²) < 4.78 is 47.1. The van der Waals surface area contributed by atoms with Crippen molar-refractivity contribution in [2.45, 2.75) is 11.3 Å². The lowest BCUT2D eigenvalue weighted by atomic mass is 9.98. The molecule has 0 aromatic heterocycles. The van der Waals surface area contributed by atoms with Crippen LogP contribution < -0.4 is 9.47 Å². The summed E-state index contributed by atoms with van der Waals surface area (Å²) in [7, 11) is 0. The first-order chi connectivity index (χ1) is 15.7. The summed E-state index contributed by atoms with van der Waals surface area (Å²) >= 11 is 7.70. The lowest BCUT2D eigenvalue weighted by Crippen LogP contribution is -2.17. The van der Waals surface area contributed by atoms with Crippen LogP contribution in [-0.4, -0.2) is 29.8 Å². The first kappa shape index (κ1) is 24.5. The van der Waals surface area contributed by atoms with Crippen molar-refractivity contribution in [2.75, 3.05) is 12.4 Å². The number of thioether (sulfide) groups is 1. The zero-order chi connectivity index (χ0) is 23.8. The summed E-state index contributed by atoms with van der Waals surface area (Å²) in [5.41, 5.74) is 2.16. The summed E-state index contributed by atoms with van der Waals surface area (Å²) in [6.45, 7) is -0.469. The van der Waals surface area contributed by atoms with Crippen molar-refractivity contribution in [3.05, 3.63) is 95.0 Å². The summed E-state index contributed by atoms with van der Waals surface area (Å²) in [5, 5.41) is 9.10. The third kappa shape index (κ3) is 7.76. The molecule has 0 aliphatic rings. The molecular weight excluding hydrogens is 477 g/mol. The molecule has 0 atom stereocenters. The van der Waals surface area contributed by atoms with Crippen LogP contribution in [0, 0.1) is 0 Å². The van der Waals surface area contributed by atoms with Crippen molar-refractivity contribution in [3.63, 3.8) is 0 Å². The number of aliphatic carboxylic acids is 1. The van der Waals surface area contributed by atoms with Crippen molar-refractivity contribution in [3.8, 4) is 11.5 Å². The molecule has 33 heavy (non-hydrogen) atoms. The minimum atomic E-state index is -4.78. The van der Waals surface area contributed by atoms with Gasteiger partial charge in [0.1, 0.15) is 11.5 Å². The van der Waals surface area contributed by atoms with E-state index < -0.39 is 18.9 Å². The molecule has 0 saturated carbocycles. The molecule has 0 fully saturated rings. The van der Waals surface area contributed by atoms with E-state index in [1.54, 1.807) is 18.2 Å². The second kappa shape index (κ2) is 11.2. The second-order valence-corrected chi connectivity index (χ2v) is 8.11. The van der Waals surface area contributed by atoms with Gasteiger partial charge in [-0.3, -0.25) is 0 Å². The maximum atomic E-state index is 12.7. The number of alkyl halides is 3. The largest absolute Gasteiger partial charge is 0.573 e. The summed E-state index contributed by atoms with van der Waals surface area (Å²) in [5.74, 6) is -0.569. The van der Waals surface area contributed by atoms with Gasteiger partial charge in [-0.1, -0.05) is 60.1 Å². The van der Waals surface area contributed by atoms with Crippen LogP contribution in [0.1, 0.15) is 11.1 Å². The standard InChI is InChI=1S/C24H18ClF3O4S/c25-21-14-18(31-15-23(29)30)9-10-22(21)33-12-11-20(16-5-2-1-3-6-16)17-7-4-8-19(13-17)32-24(26,27)28/h1-11,13-14H,12,15H2,(H,29,30)/b20-11-. The number of hydrogen-bond acceptors (Lipinski definition) is 4. The van der Waals surface area contributed by atoms with Gasteiger partial charge in [-0.15, -0.1) is 24.9 Å². The molecule has 0 saturated heterocycles. The molecule has 3 rings (SSSR count). The topological polar surface area (TPSA) is 55.8 Å². The van der Waals surface area contributed by atoms with E-state index in [1.165, 1.54) is 36.0 Å². The highest BCUT2D eigenvalue weighted by atomic mass is 35.5. The van der Waals surface area contributed by atoms with Crippen LogP contribution in [0.3, 0.4) is 0 Å². The van der Waals surface area contributed by atoms with Gasteiger partial charge in [-0.05, 0) is 47.0 Å². The molecule has 0 amide bonds. The number of carboxylic acids is 1. The van der Waals surface area contributed by atoms with Crippen LogP contribution in [-0.2, 0) is 4.79 Å². The van der Waals surface area contributed by atoms with E-state index in [4.69, 9.17) is 21.4 Å². The Morgan fingerprint density at radius 1 is 0.970 bits per heavy atom. The Labute approximate surface area is 197 Å². The van der Waals surface area contributed by atoms with Crippen molar-refractivity contribution < 1.29 is 32.5 Å². The first-order valence-corrected chi connectivity index (χ1v) is 11.0. The van der Waals surface area contributed by atoms with Gasteiger partial charge < -0.3 is 14.6 Å². The molecule has 9 heteroatoms. The number of benzene rings is 3. The highest BCUT2D eigenvalue weighted by Gasteiger charge is 2.31. The highest BCUT2D eigenvalue weighted by Crippen LogP contribution is 2.33. The lowest BCUT2D eigenvalue weighted by molar-refractivity contribution is -0.274. The van der Waals surface area contributed by atoms with Gasteiger partial charge in [0.15, 0.2) is 6.61 Å². The minimum absolute atomic E-state index is 0.297. The maximum Gasteiger partial charge on any atom is 0.573 e. The first-order valence-electron chi connectivity index (χ1n) is 9.60. The Bertz CT molecular complexity index is 1130. The van der Waals surface area contributed by atoms with Gasteiger partial charge in [0.05, 0.1) is 5.02 Å². The maximum absolute atomic E-state index is 12.7. The number of halogens is 4. The molecule has 0 unspecified atom stereocenters. The third-order valence-electron chi connectivity index (χ3n) is 4.26. The zero-order valence-corrected chi connectivity index (χ0v) is 18.6. The van der Waals surface area contributed by atoms with Gasteiger partial charge in [-0.2, -0.15) is 0 Å². The minimum Gasteiger partial charge on any atom is -0.482 e. The number of hydrogen-bond donors (Lipinski definition) is 1. The highest BCUT2D eigenvalue weighted by molar-refractivity contribution is 7.99. The average Bonchev–Trinajstić information content (AvgIpc) is 2.76. The number of rotatable bonds is 9. The smallest absolute Gasteiger partial charge is 0.482 e. The van der Waals surface area contributed by atoms with Gasteiger partial charge in [0, 0.05) is 10.6 Å². The van der Waals surface area contributed by atoms with E-state index in [-0.39, 0.29) is 5.75 Å². The van der Waals surface area contributed by atoms with Crippen LogP contribution in [0.4, 0.5) is 13.2 Å². The van der Waals surface area contributed by atoms with Crippen LogP contribution in [0.25, 0.3) is 5.57 Å². The molecule has 172 valence electrons. The summed E-state index contributed by atoms with van der Waals surface area (Å²) in [6.07, 6.45) is -2.87. The van der Waals surface area contributed by atoms with Crippen molar-refractivity contribution in [2.24, 2.45) is 0 Å². The summed E-state index contributed by atoms with van der Waals surface area (Å²) in [6, 6.07) is 20.0. The molecule has 0 aliphatic carbocycles. The molecule has 0 radical (unpaired) electrons. The van der Waals surface area contributed by atoms with E-state index >= 15 is 0 Å². The molecule has 4 nitrogen and oxygen atoms in total. The molecule has 0 bridgehead atoms. The molecule has 0 spiro atoms. The van der Waals surface area contributed by atoms with Crippen LogP contribution in [0.15, 0.2) is 83.8 Å². The van der Waals surface area contributed by atoms with Gasteiger partial charge >= 0.3 is 12.3 Å². The van der Waals surface area contributed by atoms with Crippen molar-refractivity contribution in [1.82, 2.24) is 0 Å². The van der Waals surface area contributed by atoms with Gasteiger partial charge in [-0.25, -0.2) is 4.79 Å². The second-order valence-electron chi connectivity index (χ2n) is 6.65. The van der Waals surface area contributed by atoms with Gasteiger partial charge in [0.25, 0.3) is 0 Å². The monoisotopic (exact) mass is 494 g/mol. The van der Waals surface area contributed by atoms with E-state index in [0.29, 0.717) is 22.1 Å². The van der Waals surface area contributed by atoms with Crippen molar-refractivity contribution >= 4 is 34.9 Å². The molecule has 3 aromatic rings. The SMILES string of the molecule is O=C(O)COc1ccc(SC/C=C(/c2ccccc2)c2cccc(OC(F)(F)F)c2)c(Cl)c1. The lowest BCUT2D eigenvalue weighted by Gasteiger charge is -2.13. The Morgan fingerprint density at radius 3 is 2.36 bits per heavy atom. The fourth-order valence-corrected chi connectivity index (χ4v) is 4.05. The third-order valence-corrected chi connectivity index (χ3v) is 5.68. The van der Waals surface area contributed by atoms with E-state index in [9.17, 15) is 18.0 Å². The Morgan fingerprint density at radius 2 is 1.70 bits per heavy atom.